The van der Waals surface area contributed by atoms with Gasteiger partial charge in [-0.05, 0) is 0 Å². The van der Waals surface area contributed by atoms with Crippen molar-refractivity contribution < 1.29 is 22.1 Å². The van der Waals surface area contributed by atoms with Crippen molar-refractivity contribution in [3.8, 4) is 0 Å². The zero-order valence-corrected chi connectivity index (χ0v) is 14.2. The second-order valence-corrected chi connectivity index (χ2v) is 11.7. The summed E-state index contributed by atoms with van der Waals surface area (Å²) in [5.74, 6) is 0.472. The molecule has 0 spiro atoms. The summed E-state index contributed by atoms with van der Waals surface area (Å²) in [7, 11) is 2.76. The molecular weight excluding hydrogens is 280 g/mol. The Labute approximate surface area is 111 Å². The molecule has 1 unspecified atom stereocenters. The molecule has 8 heteroatoms. The highest BCUT2D eigenvalue weighted by Crippen LogP contribution is 2.36. The normalized spacial score (nSPS) is 15.0. The van der Waals surface area contributed by atoms with Crippen LogP contribution in [0.3, 0.4) is 0 Å². The topological polar surface area (TPSA) is 46.2 Å². The first-order valence-electron chi connectivity index (χ1n) is 5.34. The maximum atomic E-state index is 5.83. The van der Waals surface area contributed by atoms with Crippen LogP contribution < -0.4 is 0 Å². The highest BCUT2D eigenvalue weighted by Gasteiger charge is 2.58. The fourth-order valence-electron chi connectivity index (χ4n) is 2.04. The van der Waals surface area contributed by atoms with Gasteiger partial charge in [0.15, 0.2) is 0 Å². The van der Waals surface area contributed by atoms with Crippen LogP contribution in [-0.4, -0.2) is 58.8 Å². The maximum Gasteiger partial charge on any atom is 0.505 e. The molecule has 0 saturated heterocycles. The second kappa shape index (κ2) is 7.85. The van der Waals surface area contributed by atoms with Crippen molar-refractivity contribution >= 4 is 29.0 Å². The minimum Gasteiger partial charge on any atom is -0.397 e. The lowest BCUT2D eigenvalue weighted by atomic mass is 10.9. The number of hydrogen-bond acceptors (Lipinski definition) is 5. The van der Waals surface area contributed by atoms with E-state index < -0.39 is 17.4 Å². The van der Waals surface area contributed by atoms with Gasteiger partial charge in [0.2, 0.25) is 0 Å². The van der Waals surface area contributed by atoms with E-state index in [9.17, 15) is 0 Å². The Morgan fingerprint density at radius 3 is 1.53 bits per heavy atom. The molecule has 0 heterocycles. The van der Waals surface area contributed by atoms with Crippen LogP contribution in [0.4, 0.5) is 0 Å². The van der Waals surface area contributed by atoms with Crippen LogP contribution in [0.25, 0.3) is 0 Å². The van der Waals surface area contributed by atoms with Gasteiger partial charge in [-0.15, -0.1) is 11.6 Å². The molecule has 17 heavy (non-hydrogen) atoms. The van der Waals surface area contributed by atoms with E-state index in [2.05, 4.69) is 0 Å². The molecule has 0 aliphatic heterocycles. The van der Waals surface area contributed by atoms with E-state index in [0.29, 0.717) is 11.9 Å². The van der Waals surface area contributed by atoms with Gasteiger partial charge < -0.3 is 22.1 Å². The molecule has 0 aromatic rings. The van der Waals surface area contributed by atoms with Crippen LogP contribution in [0.2, 0.25) is 11.2 Å². The van der Waals surface area contributed by atoms with Crippen LogP contribution in [0.5, 0.6) is 0 Å². The molecule has 0 bridgehead atoms. The summed E-state index contributed by atoms with van der Waals surface area (Å²) in [5, 5.41) is -0.0660. The molecule has 0 radical (unpaired) electrons. The van der Waals surface area contributed by atoms with Gasteiger partial charge in [-0.25, -0.2) is 0 Å². The summed E-state index contributed by atoms with van der Waals surface area (Å²) in [5.41, 5.74) is 0. The molecule has 0 aromatic carbocycles. The van der Waals surface area contributed by atoms with Crippen molar-refractivity contribution in [1.82, 2.24) is 0 Å². The number of rotatable bonds is 9. The monoisotopic (exact) mass is 302 g/mol. The first-order chi connectivity index (χ1) is 8.02. The second-order valence-electron chi connectivity index (χ2n) is 3.60. The third-order valence-corrected chi connectivity index (χ3v) is 12.5. The average molecular weight is 303 g/mol. The Balaban J connectivity index is 5.22. The molecule has 0 amide bonds. The van der Waals surface area contributed by atoms with E-state index in [1.807, 2.05) is 6.92 Å². The summed E-state index contributed by atoms with van der Waals surface area (Å²) < 4.78 is 27.7. The molecule has 104 valence electrons. The van der Waals surface area contributed by atoms with Crippen LogP contribution >= 0.6 is 11.6 Å². The van der Waals surface area contributed by atoms with Gasteiger partial charge in [-0.2, -0.15) is 0 Å². The molecule has 0 N–H and O–H groups in total. The lowest BCUT2D eigenvalue weighted by molar-refractivity contribution is 0.111. The van der Waals surface area contributed by atoms with Crippen molar-refractivity contribution in [3.63, 3.8) is 0 Å². The van der Waals surface area contributed by atoms with Gasteiger partial charge in [0.25, 0.3) is 0 Å². The number of halogens is 1. The summed E-state index contributed by atoms with van der Waals surface area (Å²) in [6, 6.07) is 0.660. The Morgan fingerprint density at radius 1 is 0.882 bits per heavy atom. The van der Waals surface area contributed by atoms with E-state index in [4.69, 9.17) is 33.7 Å². The summed E-state index contributed by atoms with van der Waals surface area (Å²) >= 11 is 5.83. The molecule has 0 saturated carbocycles. The van der Waals surface area contributed by atoms with Crippen molar-refractivity contribution in [2.75, 3.05) is 41.4 Å². The van der Waals surface area contributed by atoms with Gasteiger partial charge in [0.1, 0.15) is 0 Å². The predicted octanol–water partition coefficient (Wildman–Crippen LogP) is 1.77. The number of alkyl halides is 1. The van der Waals surface area contributed by atoms with Crippen LogP contribution in [0.1, 0.15) is 6.92 Å². The highest BCUT2D eigenvalue weighted by molar-refractivity contribution is 6.85. The SMILES string of the molecule is CO[Si](CCCl)(OC)C(C)[Si](OC)(OC)OC. The lowest BCUT2D eigenvalue weighted by Gasteiger charge is -2.39. The van der Waals surface area contributed by atoms with Crippen molar-refractivity contribution in [3.05, 3.63) is 0 Å². The van der Waals surface area contributed by atoms with E-state index in [0.717, 1.165) is 0 Å². The minimum atomic E-state index is -2.78. The smallest absolute Gasteiger partial charge is 0.397 e. The fourth-order valence-corrected chi connectivity index (χ4v) is 10.7. The first-order valence-corrected chi connectivity index (χ1v) is 9.77. The van der Waals surface area contributed by atoms with Crippen molar-refractivity contribution in [2.45, 2.75) is 18.1 Å². The van der Waals surface area contributed by atoms with Crippen LogP contribution in [0.15, 0.2) is 0 Å². The third-order valence-electron chi connectivity index (χ3n) is 3.18. The molecule has 0 aliphatic carbocycles. The highest BCUT2D eigenvalue weighted by atomic mass is 35.5. The van der Waals surface area contributed by atoms with Crippen molar-refractivity contribution in [2.24, 2.45) is 0 Å². The first kappa shape index (κ1) is 17.5. The van der Waals surface area contributed by atoms with Gasteiger partial charge >= 0.3 is 17.4 Å². The maximum absolute atomic E-state index is 5.83. The van der Waals surface area contributed by atoms with Crippen LogP contribution in [0, 0.1) is 0 Å². The quantitative estimate of drug-likeness (QED) is 0.480. The van der Waals surface area contributed by atoms with E-state index in [1.165, 1.54) is 0 Å². The molecule has 0 fully saturated rings. The van der Waals surface area contributed by atoms with Gasteiger partial charge in [-0.3, -0.25) is 0 Å². The zero-order valence-electron chi connectivity index (χ0n) is 11.4. The van der Waals surface area contributed by atoms with Gasteiger partial charge in [-0.1, -0.05) is 6.92 Å². The van der Waals surface area contributed by atoms with E-state index in [-0.39, 0.29) is 5.16 Å². The zero-order chi connectivity index (χ0) is 13.5. The summed E-state index contributed by atoms with van der Waals surface area (Å²) in [4.78, 5) is 0. The van der Waals surface area contributed by atoms with E-state index >= 15 is 0 Å². The molecule has 0 rings (SSSR count). The number of hydrogen-bond donors (Lipinski definition) is 0. The average Bonchev–Trinajstić information content (AvgIpc) is 2.38. The standard InChI is InChI=1S/C9H23ClO5Si2/c1-9(17(13-4,14-5)15-6)16(11-2,12-3)8-7-10/h9H,7-8H2,1-6H3. The lowest BCUT2D eigenvalue weighted by Crippen LogP contribution is -2.60. The largest absolute Gasteiger partial charge is 0.505 e. The minimum absolute atomic E-state index is 0.0660. The molecule has 1 atom stereocenters. The fraction of sp³-hybridized carbons (Fsp3) is 1.00. The molecule has 0 aliphatic rings. The molecular formula is C9H23ClO5Si2. The molecule has 5 nitrogen and oxygen atoms in total. The van der Waals surface area contributed by atoms with Gasteiger partial charge in [0.05, 0.1) is 5.16 Å². The third kappa shape index (κ3) is 3.51. The predicted molar refractivity (Wildman–Crippen MR) is 71.5 cm³/mol. The molecule has 0 aromatic heterocycles. The van der Waals surface area contributed by atoms with E-state index in [1.54, 1.807) is 35.5 Å². The Bertz CT molecular complexity index is 203. The Hall–Kier alpha value is 0.524. The summed E-state index contributed by atoms with van der Waals surface area (Å²) in [6.07, 6.45) is 0. The Kier molecular flexibility index (Phi) is 8.09. The van der Waals surface area contributed by atoms with Crippen LogP contribution in [-0.2, 0) is 22.1 Å². The Morgan fingerprint density at radius 2 is 1.29 bits per heavy atom. The van der Waals surface area contributed by atoms with Crippen molar-refractivity contribution in [1.29, 1.82) is 0 Å². The summed E-state index contributed by atoms with van der Waals surface area (Å²) in [6.45, 7) is 1.98. The van der Waals surface area contributed by atoms with Gasteiger partial charge in [0, 0.05) is 47.5 Å².